The summed E-state index contributed by atoms with van der Waals surface area (Å²) in [5, 5.41) is 0.472. The van der Waals surface area contributed by atoms with Gasteiger partial charge in [0.2, 0.25) is 5.91 Å². The zero-order valence-electron chi connectivity index (χ0n) is 11.9. The molecule has 1 atom stereocenters. The van der Waals surface area contributed by atoms with Crippen molar-refractivity contribution in [2.75, 3.05) is 7.05 Å². The Labute approximate surface area is 126 Å². The first-order chi connectivity index (χ1) is 10.5. The molecule has 0 N–H and O–H groups in total. The second-order valence-electron chi connectivity index (χ2n) is 5.27. The molecule has 7 nitrogen and oxygen atoms in total. The molecule has 0 bridgehead atoms. The van der Waals surface area contributed by atoms with E-state index in [1.54, 1.807) is 12.1 Å². The first kappa shape index (κ1) is 14.2. The van der Waals surface area contributed by atoms with Gasteiger partial charge >= 0.3 is 5.97 Å². The van der Waals surface area contributed by atoms with Crippen molar-refractivity contribution in [1.29, 1.82) is 0 Å². The summed E-state index contributed by atoms with van der Waals surface area (Å²) in [6.45, 7) is 0. The van der Waals surface area contributed by atoms with E-state index in [0.717, 1.165) is 0 Å². The Kier molecular flexibility index (Phi) is 3.40. The standard InChI is InChI=1S/C15H14N2O5/c1-16-11(7-4-8-12(16)18)15(21)22-17-13(19)9-5-2-3-6-10(9)14(17)20/h2-3,5-6,11H,4,7-8H2,1H3. The average Bonchev–Trinajstić information content (AvgIpc) is 2.75. The predicted octanol–water partition coefficient (Wildman–Crippen LogP) is 0.752. The smallest absolute Gasteiger partial charge is 0.332 e. The normalized spacial score (nSPS) is 21.1. The molecule has 1 aromatic rings. The summed E-state index contributed by atoms with van der Waals surface area (Å²) in [5.74, 6) is -2.27. The second kappa shape index (κ2) is 5.25. The number of carbonyl (C=O) groups excluding carboxylic acids is 4. The Balaban J connectivity index is 1.77. The fourth-order valence-electron chi connectivity index (χ4n) is 2.67. The monoisotopic (exact) mass is 302 g/mol. The number of nitrogens with zero attached hydrogens (tertiary/aromatic N) is 2. The van der Waals surface area contributed by atoms with Gasteiger partial charge in [0.25, 0.3) is 11.8 Å². The number of hydrogen-bond donors (Lipinski definition) is 0. The van der Waals surface area contributed by atoms with Crippen molar-refractivity contribution in [2.24, 2.45) is 0 Å². The van der Waals surface area contributed by atoms with E-state index in [0.29, 0.717) is 24.3 Å². The molecule has 2 aliphatic heterocycles. The van der Waals surface area contributed by atoms with Crippen molar-refractivity contribution >= 4 is 23.7 Å². The number of fused-ring (bicyclic) bond motifs is 1. The average molecular weight is 302 g/mol. The largest absolute Gasteiger partial charge is 0.355 e. The Morgan fingerprint density at radius 2 is 1.73 bits per heavy atom. The van der Waals surface area contributed by atoms with Gasteiger partial charge in [0.1, 0.15) is 6.04 Å². The number of hydroxylamine groups is 2. The van der Waals surface area contributed by atoms with E-state index >= 15 is 0 Å². The van der Waals surface area contributed by atoms with Gasteiger partial charge in [0, 0.05) is 13.5 Å². The molecule has 1 unspecified atom stereocenters. The van der Waals surface area contributed by atoms with E-state index in [9.17, 15) is 19.2 Å². The van der Waals surface area contributed by atoms with Crippen LogP contribution in [0.4, 0.5) is 0 Å². The van der Waals surface area contributed by atoms with Crippen LogP contribution in [0.2, 0.25) is 0 Å². The van der Waals surface area contributed by atoms with Gasteiger partial charge in [-0.2, -0.15) is 0 Å². The highest BCUT2D eigenvalue weighted by molar-refractivity contribution is 6.20. The van der Waals surface area contributed by atoms with E-state index in [2.05, 4.69) is 0 Å². The molecular weight excluding hydrogens is 288 g/mol. The van der Waals surface area contributed by atoms with Crippen LogP contribution in [0.25, 0.3) is 0 Å². The lowest BCUT2D eigenvalue weighted by molar-refractivity contribution is -0.177. The molecule has 2 aliphatic rings. The molecule has 7 heteroatoms. The summed E-state index contributed by atoms with van der Waals surface area (Å²) in [6.07, 6.45) is 1.41. The van der Waals surface area contributed by atoms with Crippen LogP contribution in [0.15, 0.2) is 24.3 Å². The first-order valence-corrected chi connectivity index (χ1v) is 6.96. The quantitative estimate of drug-likeness (QED) is 0.753. The SMILES string of the molecule is CN1C(=O)CCCC1C(=O)ON1C(=O)c2ccccc2C1=O. The van der Waals surface area contributed by atoms with E-state index < -0.39 is 23.8 Å². The maximum Gasteiger partial charge on any atom is 0.355 e. The first-order valence-electron chi connectivity index (χ1n) is 6.96. The summed E-state index contributed by atoms with van der Waals surface area (Å²) in [5.41, 5.74) is 0.404. The molecule has 1 fully saturated rings. The van der Waals surface area contributed by atoms with Crippen LogP contribution in [0.3, 0.4) is 0 Å². The fourth-order valence-corrected chi connectivity index (χ4v) is 2.67. The molecule has 0 saturated carbocycles. The summed E-state index contributed by atoms with van der Waals surface area (Å²) < 4.78 is 0. The Morgan fingerprint density at radius 3 is 2.32 bits per heavy atom. The van der Waals surface area contributed by atoms with Crippen molar-refractivity contribution in [3.8, 4) is 0 Å². The van der Waals surface area contributed by atoms with Crippen LogP contribution >= 0.6 is 0 Å². The van der Waals surface area contributed by atoms with Gasteiger partial charge in [0.05, 0.1) is 11.1 Å². The molecular formula is C15H14N2O5. The number of carbonyl (C=O) groups is 4. The van der Waals surface area contributed by atoms with Crippen molar-refractivity contribution in [2.45, 2.75) is 25.3 Å². The topological polar surface area (TPSA) is 84.0 Å². The van der Waals surface area contributed by atoms with Gasteiger partial charge in [0.15, 0.2) is 0 Å². The highest BCUT2D eigenvalue weighted by Crippen LogP contribution is 2.24. The number of likely N-dealkylation sites (N-methyl/N-ethyl adjacent to an activating group) is 1. The van der Waals surface area contributed by atoms with Crippen LogP contribution in [-0.2, 0) is 14.4 Å². The van der Waals surface area contributed by atoms with Crippen LogP contribution in [0.5, 0.6) is 0 Å². The number of amides is 3. The van der Waals surface area contributed by atoms with Gasteiger partial charge in [-0.05, 0) is 25.0 Å². The minimum absolute atomic E-state index is 0.157. The zero-order valence-corrected chi connectivity index (χ0v) is 11.9. The van der Waals surface area contributed by atoms with E-state index in [4.69, 9.17) is 4.84 Å². The van der Waals surface area contributed by atoms with Gasteiger partial charge in [-0.1, -0.05) is 17.2 Å². The molecule has 0 radical (unpaired) electrons. The number of likely N-dealkylation sites (tertiary alicyclic amines) is 1. The maximum atomic E-state index is 12.2. The lowest BCUT2D eigenvalue weighted by atomic mass is 10.0. The van der Waals surface area contributed by atoms with Crippen molar-refractivity contribution in [3.63, 3.8) is 0 Å². The molecule has 0 aliphatic carbocycles. The molecule has 2 heterocycles. The third-order valence-electron chi connectivity index (χ3n) is 3.94. The minimum Gasteiger partial charge on any atom is -0.332 e. The zero-order chi connectivity index (χ0) is 15.9. The molecule has 22 heavy (non-hydrogen) atoms. The Bertz CT molecular complexity index is 649. The van der Waals surface area contributed by atoms with Gasteiger partial charge < -0.3 is 9.74 Å². The highest BCUT2D eigenvalue weighted by Gasteiger charge is 2.41. The van der Waals surface area contributed by atoms with Crippen molar-refractivity contribution in [3.05, 3.63) is 35.4 Å². The molecule has 114 valence electrons. The fraction of sp³-hybridized carbons (Fsp3) is 0.333. The molecule has 3 rings (SSSR count). The van der Waals surface area contributed by atoms with Crippen LogP contribution in [0, 0.1) is 0 Å². The summed E-state index contributed by atoms with van der Waals surface area (Å²) in [4.78, 5) is 54.3. The molecule has 0 spiro atoms. The molecule has 1 saturated heterocycles. The second-order valence-corrected chi connectivity index (χ2v) is 5.27. The van der Waals surface area contributed by atoms with Crippen LogP contribution in [-0.4, -0.2) is 46.7 Å². The Hall–Kier alpha value is -2.70. The van der Waals surface area contributed by atoms with Gasteiger partial charge in [-0.15, -0.1) is 0 Å². The van der Waals surface area contributed by atoms with Crippen LogP contribution < -0.4 is 0 Å². The minimum atomic E-state index is -0.773. The summed E-state index contributed by atoms with van der Waals surface area (Å²) in [6, 6.07) is 5.48. The molecule has 0 aromatic heterocycles. The van der Waals surface area contributed by atoms with E-state index in [1.807, 2.05) is 0 Å². The third-order valence-corrected chi connectivity index (χ3v) is 3.94. The lowest BCUT2D eigenvalue weighted by Gasteiger charge is -2.30. The summed E-state index contributed by atoms with van der Waals surface area (Å²) in [7, 11) is 1.51. The maximum absolute atomic E-state index is 12.2. The van der Waals surface area contributed by atoms with Gasteiger partial charge in [-0.3, -0.25) is 14.4 Å². The predicted molar refractivity (Wildman–Crippen MR) is 73.4 cm³/mol. The number of hydrogen-bond acceptors (Lipinski definition) is 5. The third kappa shape index (κ3) is 2.14. The lowest BCUT2D eigenvalue weighted by Crippen LogP contribution is -2.48. The number of imide groups is 1. The number of rotatable bonds is 2. The number of piperidine rings is 1. The van der Waals surface area contributed by atoms with Crippen molar-refractivity contribution in [1.82, 2.24) is 9.96 Å². The van der Waals surface area contributed by atoms with E-state index in [-0.39, 0.29) is 17.0 Å². The van der Waals surface area contributed by atoms with Crippen LogP contribution in [0.1, 0.15) is 40.0 Å². The Morgan fingerprint density at radius 1 is 1.14 bits per heavy atom. The molecule has 3 amide bonds. The number of benzene rings is 1. The molecule has 1 aromatic carbocycles. The summed E-state index contributed by atoms with van der Waals surface area (Å²) >= 11 is 0. The highest BCUT2D eigenvalue weighted by atomic mass is 16.7. The van der Waals surface area contributed by atoms with Gasteiger partial charge in [-0.25, -0.2) is 4.79 Å². The van der Waals surface area contributed by atoms with E-state index in [1.165, 1.54) is 24.1 Å². The van der Waals surface area contributed by atoms with Crippen molar-refractivity contribution < 1.29 is 24.0 Å².